The second kappa shape index (κ2) is 7.20. The molecule has 0 amide bonds. The van der Waals surface area contributed by atoms with Crippen molar-refractivity contribution in [3.8, 4) is 11.5 Å². The lowest BCUT2D eigenvalue weighted by molar-refractivity contribution is -0.117. The van der Waals surface area contributed by atoms with Crippen molar-refractivity contribution in [2.45, 2.75) is 12.8 Å². The Morgan fingerprint density at radius 1 is 1.08 bits per heavy atom. The molecule has 1 heterocycles. The Balaban J connectivity index is 1.72. The van der Waals surface area contributed by atoms with Gasteiger partial charge in [0.25, 0.3) is 0 Å². The topological polar surface area (TPSA) is 48.4 Å². The lowest BCUT2D eigenvalue weighted by Crippen LogP contribution is -2.06. The lowest BCUT2D eigenvalue weighted by Gasteiger charge is -2.09. The van der Waals surface area contributed by atoms with Gasteiger partial charge in [-0.25, -0.2) is 4.98 Å². The predicted octanol–water partition coefficient (Wildman–Crippen LogP) is 4.32. The zero-order valence-corrected chi connectivity index (χ0v) is 14.9. The van der Waals surface area contributed by atoms with E-state index in [0.29, 0.717) is 29.4 Å². The van der Waals surface area contributed by atoms with Crippen molar-refractivity contribution in [1.29, 1.82) is 0 Å². The molecular weight excluding hydrogens is 346 g/mol. The van der Waals surface area contributed by atoms with Crippen LogP contribution >= 0.6 is 22.9 Å². The van der Waals surface area contributed by atoms with Gasteiger partial charge in [-0.05, 0) is 35.9 Å². The molecule has 0 bridgehead atoms. The number of ether oxygens (including phenoxy) is 2. The summed E-state index contributed by atoms with van der Waals surface area (Å²) in [6.45, 7) is 0. The van der Waals surface area contributed by atoms with Gasteiger partial charge < -0.3 is 9.47 Å². The summed E-state index contributed by atoms with van der Waals surface area (Å²) in [5.74, 6) is 1.38. The van der Waals surface area contributed by atoms with Gasteiger partial charge in [0.15, 0.2) is 11.5 Å². The standard InChI is InChI=1S/C18H16ClNO3S/c1-22-15-6-3-11(8-16(15)23-2)7-13(21)10-18-20-14-5-4-12(19)9-17(14)24-18/h3-6,8-9H,7,10H2,1-2H3. The lowest BCUT2D eigenvalue weighted by atomic mass is 10.1. The Morgan fingerprint density at radius 2 is 1.88 bits per heavy atom. The first-order valence-corrected chi connectivity index (χ1v) is 8.56. The predicted molar refractivity (Wildman–Crippen MR) is 96.6 cm³/mol. The highest BCUT2D eigenvalue weighted by Gasteiger charge is 2.12. The van der Waals surface area contributed by atoms with Crippen LogP contribution in [0, 0.1) is 0 Å². The van der Waals surface area contributed by atoms with E-state index in [9.17, 15) is 4.79 Å². The Labute approximate surface area is 149 Å². The minimum absolute atomic E-state index is 0.104. The van der Waals surface area contributed by atoms with Crippen molar-refractivity contribution in [2.24, 2.45) is 0 Å². The first-order valence-electron chi connectivity index (χ1n) is 7.36. The first-order chi connectivity index (χ1) is 11.6. The van der Waals surface area contributed by atoms with Gasteiger partial charge in [-0.1, -0.05) is 17.7 Å². The van der Waals surface area contributed by atoms with Crippen LogP contribution in [0.5, 0.6) is 11.5 Å². The largest absolute Gasteiger partial charge is 0.493 e. The van der Waals surface area contributed by atoms with E-state index in [2.05, 4.69) is 4.98 Å². The summed E-state index contributed by atoms with van der Waals surface area (Å²) in [5, 5.41) is 1.48. The highest BCUT2D eigenvalue weighted by molar-refractivity contribution is 7.18. The molecule has 0 fully saturated rings. The molecule has 0 aliphatic carbocycles. The number of ketones is 1. The smallest absolute Gasteiger partial charge is 0.161 e. The number of Topliss-reactive ketones (excluding diaryl/α,β-unsaturated/α-hetero) is 1. The van der Waals surface area contributed by atoms with E-state index in [1.165, 1.54) is 11.3 Å². The molecule has 6 heteroatoms. The molecule has 0 N–H and O–H groups in total. The van der Waals surface area contributed by atoms with Gasteiger partial charge in [0, 0.05) is 11.4 Å². The maximum atomic E-state index is 12.3. The number of carbonyl (C=O) groups excluding carboxylic acids is 1. The molecule has 0 atom stereocenters. The summed E-state index contributed by atoms with van der Waals surface area (Å²) in [5.41, 5.74) is 1.76. The first kappa shape index (κ1) is 16.7. The molecule has 0 saturated heterocycles. The van der Waals surface area contributed by atoms with Gasteiger partial charge in [-0.3, -0.25) is 4.79 Å². The summed E-state index contributed by atoms with van der Waals surface area (Å²) < 4.78 is 11.5. The normalized spacial score (nSPS) is 10.8. The summed E-state index contributed by atoms with van der Waals surface area (Å²) >= 11 is 7.49. The number of aromatic nitrogens is 1. The molecule has 0 unspecified atom stereocenters. The SMILES string of the molecule is COc1ccc(CC(=O)Cc2nc3ccc(Cl)cc3s2)cc1OC. The molecule has 3 aromatic rings. The van der Waals surface area contributed by atoms with Crippen LogP contribution in [0.1, 0.15) is 10.6 Å². The monoisotopic (exact) mass is 361 g/mol. The number of nitrogens with zero attached hydrogens (tertiary/aromatic N) is 1. The number of hydrogen-bond acceptors (Lipinski definition) is 5. The third kappa shape index (κ3) is 3.68. The molecular formula is C18H16ClNO3S. The van der Waals surface area contributed by atoms with E-state index in [1.54, 1.807) is 26.4 Å². The van der Waals surface area contributed by atoms with Crippen molar-refractivity contribution < 1.29 is 14.3 Å². The van der Waals surface area contributed by atoms with Crippen molar-refractivity contribution in [2.75, 3.05) is 14.2 Å². The van der Waals surface area contributed by atoms with E-state index in [4.69, 9.17) is 21.1 Å². The molecule has 0 aliphatic rings. The molecule has 4 nitrogen and oxygen atoms in total. The fourth-order valence-electron chi connectivity index (χ4n) is 2.47. The number of methoxy groups -OCH3 is 2. The number of fused-ring (bicyclic) bond motifs is 1. The van der Waals surface area contributed by atoms with Crippen molar-refractivity contribution in [3.05, 3.63) is 52.0 Å². The van der Waals surface area contributed by atoms with Gasteiger partial charge >= 0.3 is 0 Å². The van der Waals surface area contributed by atoms with Gasteiger partial charge in [0.1, 0.15) is 10.8 Å². The van der Waals surface area contributed by atoms with E-state index >= 15 is 0 Å². The molecule has 0 saturated carbocycles. The molecule has 24 heavy (non-hydrogen) atoms. The van der Waals surface area contributed by atoms with Gasteiger partial charge in [-0.15, -0.1) is 11.3 Å². The zero-order chi connectivity index (χ0) is 17.1. The number of hydrogen-bond donors (Lipinski definition) is 0. The van der Waals surface area contributed by atoms with Gasteiger partial charge in [0.2, 0.25) is 0 Å². The van der Waals surface area contributed by atoms with Crippen LogP contribution in [0.15, 0.2) is 36.4 Å². The number of carbonyl (C=O) groups is 1. The van der Waals surface area contributed by atoms with Crippen LogP contribution in [0.3, 0.4) is 0 Å². The van der Waals surface area contributed by atoms with Crippen LogP contribution in [0.2, 0.25) is 5.02 Å². The third-order valence-electron chi connectivity index (χ3n) is 3.59. The summed E-state index contributed by atoms with van der Waals surface area (Å²) in [7, 11) is 3.16. The van der Waals surface area contributed by atoms with Gasteiger partial charge in [-0.2, -0.15) is 0 Å². The van der Waals surface area contributed by atoms with E-state index < -0.39 is 0 Å². The number of thiazole rings is 1. The maximum Gasteiger partial charge on any atom is 0.161 e. The van der Waals surface area contributed by atoms with E-state index in [0.717, 1.165) is 20.8 Å². The third-order valence-corrected chi connectivity index (χ3v) is 4.85. The van der Waals surface area contributed by atoms with Crippen molar-refractivity contribution in [3.63, 3.8) is 0 Å². The quantitative estimate of drug-likeness (QED) is 0.656. The highest BCUT2D eigenvalue weighted by atomic mass is 35.5. The number of benzene rings is 2. The van der Waals surface area contributed by atoms with Crippen molar-refractivity contribution >= 4 is 38.9 Å². The van der Waals surface area contributed by atoms with Crippen LogP contribution < -0.4 is 9.47 Å². The average Bonchev–Trinajstić information content (AvgIpc) is 2.95. The Kier molecular flexibility index (Phi) is 5.02. The molecule has 0 aliphatic heterocycles. The summed E-state index contributed by atoms with van der Waals surface area (Å²) in [6, 6.07) is 11.1. The minimum atomic E-state index is 0.104. The highest BCUT2D eigenvalue weighted by Crippen LogP contribution is 2.28. The Hall–Kier alpha value is -2.11. The second-order valence-corrected chi connectivity index (χ2v) is 6.85. The van der Waals surface area contributed by atoms with Crippen LogP contribution in [-0.2, 0) is 17.6 Å². The average molecular weight is 362 g/mol. The Bertz CT molecular complexity index is 891. The zero-order valence-electron chi connectivity index (χ0n) is 13.3. The van der Waals surface area contributed by atoms with Gasteiger partial charge in [0.05, 0.1) is 30.9 Å². The Morgan fingerprint density at radius 3 is 2.62 bits per heavy atom. The molecule has 124 valence electrons. The second-order valence-electron chi connectivity index (χ2n) is 5.30. The minimum Gasteiger partial charge on any atom is -0.493 e. The van der Waals surface area contributed by atoms with Crippen molar-refractivity contribution in [1.82, 2.24) is 4.98 Å². The molecule has 0 spiro atoms. The maximum absolute atomic E-state index is 12.3. The number of halogens is 1. The fourth-order valence-corrected chi connectivity index (χ4v) is 3.74. The van der Waals surface area contributed by atoms with E-state index in [1.807, 2.05) is 24.3 Å². The van der Waals surface area contributed by atoms with E-state index in [-0.39, 0.29) is 5.78 Å². The molecule has 1 aromatic heterocycles. The van der Waals surface area contributed by atoms with Crippen LogP contribution in [0.25, 0.3) is 10.2 Å². The number of rotatable bonds is 6. The van der Waals surface area contributed by atoms with Crippen LogP contribution in [-0.4, -0.2) is 25.0 Å². The fraction of sp³-hybridized carbons (Fsp3) is 0.222. The molecule has 0 radical (unpaired) electrons. The summed E-state index contributed by atoms with van der Waals surface area (Å²) in [6.07, 6.45) is 0.641. The molecule has 2 aromatic carbocycles. The molecule has 3 rings (SSSR count). The summed E-state index contributed by atoms with van der Waals surface area (Å²) in [4.78, 5) is 16.8. The van der Waals surface area contributed by atoms with Crippen LogP contribution in [0.4, 0.5) is 0 Å².